The van der Waals surface area contributed by atoms with Crippen molar-refractivity contribution in [2.45, 2.75) is 51.4 Å². The van der Waals surface area contributed by atoms with E-state index in [1.807, 2.05) is 60.7 Å². The Morgan fingerprint density at radius 3 is 1.63 bits per heavy atom. The largest absolute Gasteiger partial charge is 0.481 e. The van der Waals surface area contributed by atoms with Crippen LogP contribution in [-0.4, -0.2) is 22.2 Å². The van der Waals surface area contributed by atoms with Gasteiger partial charge in [0.1, 0.15) is 0 Å². The van der Waals surface area contributed by atoms with Gasteiger partial charge in [0.2, 0.25) is 0 Å². The quantitative estimate of drug-likeness (QED) is 0.519. The maximum Gasteiger partial charge on any atom is 0.310 e. The van der Waals surface area contributed by atoms with Gasteiger partial charge in [-0.3, -0.25) is 9.59 Å². The molecular formula is C23H28O4. The van der Waals surface area contributed by atoms with Crippen LogP contribution in [0.1, 0.15) is 49.7 Å². The molecule has 2 aromatic carbocycles. The molecule has 0 spiro atoms. The van der Waals surface area contributed by atoms with Gasteiger partial charge in [0.25, 0.3) is 0 Å². The molecule has 144 valence electrons. The Balaban J connectivity index is 2.10. The first-order valence-electron chi connectivity index (χ1n) is 9.55. The van der Waals surface area contributed by atoms with Crippen LogP contribution in [0.15, 0.2) is 60.7 Å². The van der Waals surface area contributed by atoms with Crippen LogP contribution in [0.3, 0.4) is 0 Å². The Hall–Kier alpha value is -2.62. The van der Waals surface area contributed by atoms with E-state index in [-0.39, 0.29) is 6.42 Å². The van der Waals surface area contributed by atoms with Gasteiger partial charge in [0.05, 0.1) is 5.41 Å². The van der Waals surface area contributed by atoms with Crippen LogP contribution in [0.2, 0.25) is 0 Å². The molecular weight excluding hydrogens is 340 g/mol. The molecule has 0 amide bonds. The average Bonchev–Trinajstić information content (AvgIpc) is 2.65. The van der Waals surface area contributed by atoms with Crippen molar-refractivity contribution in [1.29, 1.82) is 0 Å². The number of benzene rings is 2. The second-order valence-corrected chi connectivity index (χ2v) is 7.22. The first-order valence-corrected chi connectivity index (χ1v) is 9.55. The van der Waals surface area contributed by atoms with Gasteiger partial charge in [0.15, 0.2) is 0 Å². The third-order valence-electron chi connectivity index (χ3n) is 5.02. The van der Waals surface area contributed by atoms with Crippen LogP contribution in [-0.2, 0) is 22.4 Å². The Morgan fingerprint density at radius 1 is 0.704 bits per heavy atom. The fraction of sp³-hybridized carbons (Fsp3) is 0.391. The highest BCUT2D eigenvalue weighted by Gasteiger charge is 2.38. The molecule has 2 rings (SSSR count). The molecule has 0 saturated heterocycles. The van der Waals surface area contributed by atoms with Crippen LogP contribution < -0.4 is 0 Å². The maximum atomic E-state index is 12.4. The van der Waals surface area contributed by atoms with Gasteiger partial charge >= 0.3 is 11.9 Å². The van der Waals surface area contributed by atoms with Crippen molar-refractivity contribution in [2.24, 2.45) is 5.41 Å². The summed E-state index contributed by atoms with van der Waals surface area (Å²) in [6, 6.07) is 19.6. The summed E-state index contributed by atoms with van der Waals surface area (Å²) in [7, 11) is 0. The topological polar surface area (TPSA) is 74.6 Å². The number of unbranched alkanes of at least 4 members (excludes halogenated alkanes) is 3. The predicted octanol–water partition coefficient (Wildman–Crippen LogP) is 4.97. The number of hydrogen-bond acceptors (Lipinski definition) is 2. The number of aliphatic carboxylic acids is 2. The minimum Gasteiger partial charge on any atom is -0.481 e. The molecule has 4 heteroatoms. The lowest BCUT2D eigenvalue weighted by molar-refractivity contribution is -0.149. The van der Waals surface area contributed by atoms with E-state index in [4.69, 9.17) is 5.11 Å². The summed E-state index contributed by atoms with van der Waals surface area (Å²) >= 11 is 0. The predicted molar refractivity (Wildman–Crippen MR) is 106 cm³/mol. The fourth-order valence-corrected chi connectivity index (χ4v) is 3.56. The SMILES string of the molecule is O=C(O)CCCCCCC(Cc1ccccc1)(Cc1ccccc1)C(=O)O. The molecule has 27 heavy (non-hydrogen) atoms. The van der Waals surface area contributed by atoms with Gasteiger partial charge in [-0.25, -0.2) is 0 Å². The van der Waals surface area contributed by atoms with E-state index in [1.54, 1.807) is 0 Å². The number of carboxylic acids is 2. The molecule has 4 nitrogen and oxygen atoms in total. The highest BCUT2D eigenvalue weighted by Crippen LogP contribution is 2.34. The summed E-state index contributed by atoms with van der Waals surface area (Å²) in [6.45, 7) is 0. The maximum absolute atomic E-state index is 12.4. The summed E-state index contributed by atoms with van der Waals surface area (Å²) < 4.78 is 0. The molecule has 0 aromatic heterocycles. The molecule has 0 heterocycles. The lowest BCUT2D eigenvalue weighted by Crippen LogP contribution is -2.36. The molecule has 0 radical (unpaired) electrons. The number of carboxylic acid groups (broad SMARTS) is 2. The van der Waals surface area contributed by atoms with E-state index in [0.29, 0.717) is 25.7 Å². The van der Waals surface area contributed by atoms with E-state index >= 15 is 0 Å². The van der Waals surface area contributed by atoms with Gasteiger partial charge in [0, 0.05) is 6.42 Å². The Morgan fingerprint density at radius 2 is 1.19 bits per heavy atom. The Bertz CT molecular complexity index is 668. The highest BCUT2D eigenvalue weighted by atomic mass is 16.4. The van der Waals surface area contributed by atoms with Crippen LogP contribution in [0.25, 0.3) is 0 Å². The third kappa shape index (κ3) is 6.89. The van der Waals surface area contributed by atoms with E-state index in [0.717, 1.165) is 30.4 Å². The first-order chi connectivity index (χ1) is 13.0. The van der Waals surface area contributed by atoms with Gasteiger partial charge in [-0.15, -0.1) is 0 Å². The molecule has 2 N–H and O–H groups in total. The van der Waals surface area contributed by atoms with Crippen molar-refractivity contribution in [2.75, 3.05) is 0 Å². The van der Waals surface area contributed by atoms with E-state index < -0.39 is 17.4 Å². The van der Waals surface area contributed by atoms with Crippen LogP contribution in [0.4, 0.5) is 0 Å². The van der Waals surface area contributed by atoms with Crippen molar-refractivity contribution in [1.82, 2.24) is 0 Å². The second-order valence-electron chi connectivity index (χ2n) is 7.22. The van der Waals surface area contributed by atoms with Crippen molar-refractivity contribution >= 4 is 11.9 Å². The second kappa shape index (κ2) is 10.5. The molecule has 0 atom stereocenters. The molecule has 0 aliphatic heterocycles. The van der Waals surface area contributed by atoms with E-state index in [2.05, 4.69) is 0 Å². The van der Waals surface area contributed by atoms with Gasteiger partial charge in [-0.2, -0.15) is 0 Å². The van der Waals surface area contributed by atoms with Gasteiger partial charge in [-0.1, -0.05) is 79.9 Å². The Labute approximate surface area is 160 Å². The number of carbonyl (C=O) groups is 2. The minimum absolute atomic E-state index is 0.179. The van der Waals surface area contributed by atoms with Crippen molar-refractivity contribution < 1.29 is 19.8 Å². The monoisotopic (exact) mass is 368 g/mol. The van der Waals surface area contributed by atoms with Crippen LogP contribution in [0.5, 0.6) is 0 Å². The fourth-order valence-electron chi connectivity index (χ4n) is 3.56. The summed E-state index contributed by atoms with van der Waals surface area (Å²) in [4.78, 5) is 23.0. The average molecular weight is 368 g/mol. The minimum atomic E-state index is -0.852. The number of hydrogen-bond donors (Lipinski definition) is 2. The molecule has 0 fully saturated rings. The van der Waals surface area contributed by atoms with Gasteiger partial charge < -0.3 is 10.2 Å². The van der Waals surface area contributed by atoms with Crippen molar-refractivity contribution in [3.63, 3.8) is 0 Å². The van der Waals surface area contributed by atoms with Crippen molar-refractivity contribution in [3.8, 4) is 0 Å². The normalized spacial score (nSPS) is 11.3. The zero-order chi connectivity index (χ0) is 19.5. The molecule has 0 aliphatic carbocycles. The third-order valence-corrected chi connectivity index (χ3v) is 5.02. The molecule has 0 bridgehead atoms. The van der Waals surface area contributed by atoms with E-state index in [9.17, 15) is 14.7 Å². The molecule has 0 saturated carbocycles. The summed E-state index contributed by atoms with van der Waals surface area (Å²) in [5.41, 5.74) is 1.21. The van der Waals surface area contributed by atoms with Crippen LogP contribution in [0, 0.1) is 5.41 Å². The first kappa shape index (κ1) is 20.7. The molecule has 0 unspecified atom stereocenters. The summed E-state index contributed by atoms with van der Waals surface area (Å²) in [5, 5.41) is 18.9. The lowest BCUT2D eigenvalue weighted by Gasteiger charge is -2.30. The zero-order valence-corrected chi connectivity index (χ0v) is 15.6. The Kier molecular flexibility index (Phi) is 8.05. The van der Waals surface area contributed by atoms with Crippen molar-refractivity contribution in [3.05, 3.63) is 71.8 Å². The van der Waals surface area contributed by atoms with Crippen LogP contribution >= 0.6 is 0 Å². The number of rotatable bonds is 12. The molecule has 2 aromatic rings. The summed E-state index contributed by atoms with van der Waals surface area (Å²) in [6.07, 6.45) is 4.85. The standard InChI is InChI=1S/C23H28O4/c24-21(25)15-9-1-2-10-16-23(22(26)27,17-19-11-5-3-6-12-19)18-20-13-7-4-8-14-20/h3-8,11-14H,1-2,9-10,15-18H2,(H,24,25)(H,26,27). The smallest absolute Gasteiger partial charge is 0.310 e. The molecule has 0 aliphatic rings. The highest BCUT2D eigenvalue weighted by molar-refractivity contribution is 5.75. The van der Waals surface area contributed by atoms with E-state index in [1.165, 1.54) is 0 Å². The lowest BCUT2D eigenvalue weighted by atomic mass is 9.73. The summed E-state index contributed by atoms with van der Waals surface area (Å²) in [5.74, 6) is -1.54. The van der Waals surface area contributed by atoms with Gasteiger partial charge in [-0.05, 0) is 36.8 Å². The zero-order valence-electron chi connectivity index (χ0n) is 15.6.